The van der Waals surface area contributed by atoms with Crippen molar-refractivity contribution in [2.24, 2.45) is 5.92 Å². The van der Waals surface area contributed by atoms with Crippen LogP contribution in [0, 0.1) is 5.92 Å². The van der Waals surface area contributed by atoms with Gasteiger partial charge in [-0.15, -0.1) is 24.8 Å². The minimum Gasteiger partial charge on any atom is -0.353 e. The van der Waals surface area contributed by atoms with Crippen molar-refractivity contribution in [3.05, 3.63) is 0 Å². The third-order valence-electron chi connectivity index (χ3n) is 5.23. The molecular weight excluding hydrogens is 321 g/mol. The second-order valence-electron chi connectivity index (χ2n) is 7.04. The smallest absolute Gasteiger partial charge is 0.237 e. The van der Waals surface area contributed by atoms with Crippen LogP contribution in [0.1, 0.15) is 51.9 Å². The highest BCUT2D eigenvalue weighted by Crippen LogP contribution is 2.35. The van der Waals surface area contributed by atoms with Crippen LogP contribution in [0.3, 0.4) is 0 Å². The Morgan fingerprint density at radius 1 is 1.23 bits per heavy atom. The first-order chi connectivity index (χ1) is 9.53. The quantitative estimate of drug-likeness (QED) is 0.816. The van der Waals surface area contributed by atoms with E-state index in [0.29, 0.717) is 0 Å². The molecule has 1 aliphatic heterocycles. The fraction of sp³-hybridized carbons (Fsp3) is 0.938. The van der Waals surface area contributed by atoms with E-state index in [4.69, 9.17) is 0 Å². The van der Waals surface area contributed by atoms with Crippen molar-refractivity contribution in [1.29, 1.82) is 0 Å². The van der Waals surface area contributed by atoms with Gasteiger partial charge < -0.3 is 15.5 Å². The van der Waals surface area contributed by atoms with Crippen molar-refractivity contribution in [3.8, 4) is 0 Å². The lowest BCUT2D eigenvalue weighted by molar-refractivity contribution is -0.124. The van der Waals surface area contributed by atoms with Crippen molar-refractivity contribution in [2.45, 2.75) is 63.5 Å². The molecule has 6 heteroatoms. The van der Waals surface area contributed by atoms with E-state index < -0.39 is 0 Å². The van der Waals surface area contributed by atoms with Gasteiger partial charge in [-0.1, -0.05) is 26.2 Å². The van der Waals surface area contributed by atoms with Gasteiger partial charge in [0.2, 0.25) is 5.91 Å². The minimum atomic E-state index is 0. The number of piperidine rings is 1. The van der Waals surface area contributed by atoms with Gasteiger partial charge in [0.1, 0.15) is 0 Å². The lowest BCUT2D eigenvalue weighted by atomic mass is 9.75. The molecule has 2 fully saturated rings. The number of carbonyl (C=O) groups excluding carboxylic acids is 1. The third kappa shape index (κ3) is 5.55. The lowest BCUT2D eigenvalue weighted by Gasteiger charge is -2.45. The first-order valence-corrected chi connectivity index (χ1v) is 8.22. The van der Waals surface area contributed by atoms with Gasteiger partial charge in [-0.25, -0.2) is 0 Å². The normalized spacial score (nSPS) is 31.8. The first-order valence-electron chi connectivity index (χ1n) is 8.22. The van der Waals surface area contributed by atoms with Crippen molar-refractivity contribution < 1.29 is 4.79 Å². The van der Waals surface area contributed by atoms with Gasteiger partial charge in [0.25, 0.3) is 0 Å². The van der Waals surface area contributed by atoms with Crippen LogP contribution in [0.2, 0.25) is 0 Å². The second kappa shape index (κ2) is 9.96. The van der Waals surface area contributed by atoms with Gasteiger partial charge in [-0.05, 0) is 52.2 Å². The molecule has 0 aromatic rings. The SMILES string of the molecule is CC1CCCC(CNC(=O)C2CCCCN2)(N(C)C)C1.Cl.Cl. The molecule has 0 aromatic heterocycles. The van der Waals surface area contributed by atoms with Crippen LogP contribution >= 0.6 is 24.8 Å². The number of nitrogens with one attached hydrogen (secondary N) is 2. The van der Waals surface area contributed by atoms with Gasteiger partial charge in [0.15, 0.2) is 0 Å². The highest BCUT2D eigenvalue weighted by molar-refractivity contribution is 5.85. The molecule has 2 rings (SSSR count). The number of halogens is 2. The van der Waals surface area contributed by atoms with Crippen molar-refractivity contribution in [1.82, 2.24) is 15.5 Å². The summed E-state index contributed by atoms with van der Waals surface area (Å²) in [6.07, 6.45) is 8.34. The summed E-state index contributed by atoms with van der Waals surface area (Å²) >= 11 is 0. The molecule has 3 unspecified atom stereocenters. The maximum absolute atomic E-state index is 12.3. The molecule has 0 aromatic carbocycles. The van der Waals surface area contributed by atoms with Gasteiger partial charge in [0.05, 0.1) is 6.04 Å². The molecule has 1 saturated carbocycles. The number of likely N-dealkylation sites (N-methyl/N-ethyl adjacent to an activating group) is 1. The largest absolute Gasteiger partial charge is 0.353 e. The molecule has 3 atom stereocenters. The Bertz CT molecular complexity index is 335. The molecule has 132 valence electrons. The highest BCUT2D eigenvalue weighted by atomic mass is 35.5. The molecule has 1 heterocycles. The molecular formula is C16H33Cl2N3O. The zero-order valence-corrected chi connectivity index (χ0v) is 15.8. The van der Waals surface area contributed by atoms with Crippen LogP contribution in [0.25, 0.3) is 0 Å². The van der Waals surface area contributed by atoms with Gasteiger partial charge in [0, 0.05) is 12.1 Å². The zero-order valence-electron chi connectivity index (χ0n) is 14.2. The van der Waals surface area contributed by atoms with E-state index in [2.05, 4.69) is 36.6 Å². The number of carbonyl (C=O) groups is 1. The predicted molar refractivity (Wildman–Crippen MR) is 97.2 cm³/mol. The average Bonchev–Trinajstić information content (AvgIpc) is 2.45. The van der Waals surface area contributed by atoms with Gasteiger partial charge >= 0.3 is 0 Å². The topological polar surface area (TPSA) is 44.4 Å². The molecule has 2 aliphatic rings. The van der Waals surface area contributed by atoms with Crippen LogP contribution < -0.4 is 10.6 Å². The van der Waals surface area contributed by atoms with E-state index in [1.165, 1.54) is 38.5 Å². The second-order valence-corrected chi connectivity index (χ2v) is 7.04. The number of hydrogen-bond acceptors (Lipinski definition) is 3. The van der Waals surface area contributed by atoms with Crippen LogP contribution in [-0.2, 0) is 4.79 Å². The summed E-state index contributed by atoms with van der Waals surface area (Å²) in [6, 6.07) is 0.0315. The summed E-state index contributed by atoms with van der Waals surface area (Å²) in [5.74, 6) is 0.958. The Kier molecular flexibility index (Phi) is 9.95. The molecule has 22 heavy (non-hydrogen) atoms. The maximum atomic E-state index is 12.3. The molecule has 0 spiro atoms. The number of nitrogens with zero attached hydrogens (tertiary/aromatic N) is 1. The fourth-order valence-corrected chi connectivity index (χ4v) is 3.81. The molecule has 1 amide bonds. The Labute approximate surface area is 148 Å². The van der Waals surface area contributed by atoms with E-state index in [1.807, 2.05) is 0 Å². The van der Waals surface area contributed by atoms with Crippen molar-refractivity contribution in [3.63, 3.8) is 0 Å². The van der Waals surface area contributed by atoms with Gasteiger partial charge in [-0.2, -0.15) is 0 Å². The Balaban J connectivity index is 0.00000220. The number of rotatable bonds is 4. The first kappa shape index (κ1) is 22.0. The van der Waals surface area contributed by atoms with Gasteiger partial charge in [-0.3, -0.25) is 4.79 Å². The van der Waals surface area contributed by atoms with E-state index in [9.17, 15) is 4.79 Å². The summed E-state index contributed by atoms with van der Waals surface area (Å²) in [4.78, 5) is 14.6. The Morgan fingerprint density at radius 3 is 2.50 bits per heavy atom. The Morgan fingerprint density at radius 2 is 1.95 bits per heavy atom. The average molecular weight is 354 g/mol. The zero-order chi connectivity index (χ0) is 14.6. The molecule has 4 nitrogen and oxygen atoms in total. The maximum Gasteiger partial charge on any atom is 0.237 e. The standard InChI is InChI=1S/C16H31N3O.2ClH/c1-13-7-6-9-16(11-13,19(2)3)12-18-15(20)14-8-4-5-10-17-14;;/h13-14,17H,4-12H2,1-3H3,(H,18,20);2*1H. The van der Waals surface area contributed by atoms with Crippen molar-refractivity contribution in [2.75, 3.05) is 27.2 Å². The minimum absolute atomic E-state index is 0. The Hall–Kier alpha value is -0.0300. The van der Waals surface area contributed by atoms with E-state index in [-0.39, 0.29) is 42.3 Å². The van der Waals surface area contributed by atoms with E-state index in [1.54, 1.807) is 0 Å². The molecule has 0 bridgehead atoms. The molecule has 0 radical (unpaired) electrons. The molecule has 2 N–H and O–H groups in total. The fourth-order valence-electron chi connectivity index (χ4n) is 3.81. The summed E-state index contributed by atoms with van der Waals surface area (Å²) in [5.41, 5.74) is 0.155. The molecule has 1 saturated heterocycles. The summed E-state index contributed by atoms with van der Waals surface area (Å²) in [6.45, 7) is 4.11. The highest BCUT2D eigenvalue weighted by Gasteiger charge is 2.37. The summed E-state index contributed by atoms with van der Waals surface area (Å²) < 4.78 is 0. The van der Waals surface area contributed by atoms with Crippen LogP contribution in [0.5, 0.6) is 0 Å². The number of amides is 1. The molecule has 1 aliphatic carbocycles. The third-order valence-corrected chi connectivity index (χ3v) is 5.23. The lowest BCUT2D eigenvalue weighted by Crippen LogP contribution is -2.57. The van der Waals surface area contributed by atoms with Crippen LogP contribution in [-0.4, -0.2) is 49.6 Å². The summed E-state index contributed by atoms with van der Waals surface area (Å²) in [7, 11) is 4.31. The number of hydrogen-bond donors (Lipinski definition) is 2. The van der Waals surface area contributed by atoms with E-state index >= 15 is 0 Å². The monoisotopic (exact) mass is 353 g/mol. The van der Waals surface area contributed by atoms with Crippen molar-refractivity contribution >= 4 is 30.7 Å². The van der Waals surface area contributed by atoms with Crippen LogP contribution in [0.4, 0.5) is 0 Å². The van der Waals surface area contributed by atoms with Crippen LogP contribution in [0.15, 0.2) is 0 Å². The predicted octanol–water partition coefficient (Wildman–Crippen LogP) is 2.60. The summed E-state index contributed by atoms with van der Waals surface area (Å²) in [5, 5.41) is 6.55. The van der Waals surface area contributed by atoms with E-state index in [0.717, 1.165) is 25.4 Å².